The molecule has 0 aliphatic rings. The molecule has 0 amide bonds. The largest absolute Gasteiger partial charge is 0.243 e. The van der Waals surface area contributed by atoms with Crippen molar-refractivity contribution in [3.8, 4) is 11.1 Å². The summed E-state index contributed by atoms with van der Waals surface area (Å²) in [5.41, 5.74) is 1.63. The average molecular weight is 372 g/mol. The third-order valence-electron chi connectivity index (χ3n) is 4.72. The van der Waals surface area contributed by atoms with Crippen LogP contribution in [0.5, 0.6) is 0 Å². The summed E-state index contributed by atoms with van der Waals surface area (Å²) < 4.78 is 28.1. The molecule has 0 aliphatic carbocycles. The van der Waals surface area contributed by atoms with Crippen molar-refractivity contribution in [3.63, 3.8) is 0 Å². The molecule has 3 nitrogen and oxygen atoms in total. The van der Waals surface area contributed by atoms with E-state index in [1.54, 1.807) is 25.3 Å². The van der Waals surface area contributed by atoms with Crippen molar-refractivity contribution in [3.05, 3.63) is 67.3 Å². The molecular formula is C22H29NO2S. The Morgan fingerprint density at radius 3 is 2.31 bits per heavy atom. The lowest BCUT2D eigenvalue weighted by Crippen LogP contribution is -2.36. The van der Waals surface area contributed by atoms with Gasteiger partial charge in [0.1, 0.15) is 0 Å². The molecule has 0 saturated heterocycles. The van der Waals surface area contributed by atoms with Gasteiger partial charge in [-0.1, -0.05) is 87.2 Å². The van der Waals surface area contributed by atoms with Gasteiger partial charge < -0.3 is 0 Å². The van der Waals surface area contributed by atoms with Crippen molar-refractivity contribution in [2.75, 3.05) is 7.05 Å². The Balaban J connectivity index is 2.30. The fourth-order valence-corrected chi connectivity index (χ4v) is 4.68. The first-order valence-electron chi connectivity index (χ1n) is 9.27. The van der Waals surface area contributed by atoms with E-state index < -0.39 is 10.0 Å². The number of hydrogen-bond donors (Lipinski definition) is 0. The van der Waals surface area contributed by atoms with E-state index in [9.17, 15) is 8.42 Å². The molecule has 2 aromatic carbocycles. The molecule has 0 fully saturated rings. The van der Waals surface area contributed by atoms with Crippen molar-refractivity contribution in [1.29, 1.82) is 0 Å². The van der Waals surface area contributed by atoms with E-state index in [0.29, 0.717) is 4.90 Å². The molecule has 1 atom stereocenters. The Hall–Kier alpha value is -1.91. The second-order valence-electron chi connectivity index (χ2n) is 6.54. The predicted molar refractivity (Wildman–Crippen MR) is 110 cm³/mol. The van der Waals surface area contributed by atoms with Gasteiger partial charge in [-0.25, -0.2) is 8.42 Å². The molecule has 26 heavy (non-hydrogen) atoms. The van der Waals surface area contributed by atoms with Crippen molar-refractivity contribution in [2.45, 2.75) is 50.0 Å². The minimum atomic E-state index is -3.61. The molecule has 4 heteroatoms. The number of nitrogens with zero attached hydrogens (tertiary/aromatic N) is 1. The van der Waals surface area contributed by atoms with Crippen molar-refractivity contribution in [1.82, 2.24) is 4.31 Å². The minimum Gasteiger partial charge on any atom is -0.207 e. The van der Waals surface area contributed by atoms with Crippen LogP contribution in [-0.2, 0) is 10.0 Å². The van der Waals surface area contributed by atoms with Crippen LogP contribution in [0.4, 0.5) is 0 Å². The highest BCUT2D eigenvalue weighted by Gasteiger charge is 2.28. The molecule has 0 radical (unpaired) electrons. The van der Waals surface area contributed by atoms with Crippen molar-refractivity contribution in [2.24, 2.45) is 0 Å². The summed E-state index contributed by atoms with van der Waals surface area (Å²) in [6.07, 6.45) is 7.01. The zero-order chi connectivity index (χ0) is 19.0. The van der Waals surface area contributed by atoms with Gasteiger partial charge in [-0.2, -0.15) is 4.31 Å². The van der Waals surface area contributed by atoms with E-state index in [-0.39, 0.29) is 6.04 Å². The van der Waals surface area contributed by atoms with E-state index in [1.165, 1.54) is 10.7 Å². The van der Waals surface area contributed by atoms with E-state index in [1.807, 2.05) is 42.5 Å². The van der Waals surface area contributed by atoms with Crippen molar-refractivity contribution < 1.29 is 8.42 Å². The van der Waals surface area contributed by atoms with Gasteiger partial charge in [0.25, 0.3) is 0 Å². The lowest BCUT2D eigenvalue weighted by molar-refractivity contribution is 0.389. The molecule has 0 bridgehead atoms. The molecule has 0 aromatic heterocycles. The molecule has 140 valence electrons. The highest BCUT2D eigenvalue weighted by Crippen LogP contribution is 2.30. The summed E-state index contributed by atoms with van der Waals surface area (Å²) in [6, 6.07) is 16.6. The SMILES string of the molecule is C=CC(CCCCCC)N(C)S(=O)(=O)c1ccccc1-c1ccccc1. The first-order chi connectivity index (χ1) is 12.5. The van der Waals surface area contributed by atoms with Crippen LogP contribution in [0.3, 0.4) is 0 Å². The molecule has 2 rings (SSSR count). The minimum absolute atomic E-state index is 0.194. The monoisotopic (exact) mass is 371 g/mol. The van der Waals surface area contributed by atoms with Crippen molar-refractivity contribution >= 4 is 10.0 Å². The van der Waals surface area contributed by atoms with Crippen LogP contribution in [0.2, 0.25) is 0 Å². The van der Waals surface area contributed by atoms with E-state index in [0.717, 1.165) is 36.8 Å². The standard InChI is InChI=1S/C22H29NO2S/c1-4-6-7-11-16-20(5-2)23(3)26(24,25)22-18-13-12-17-21(22)19-14-9-8-10-15-19/h5,8-10,12-15,17-18,20H,2,4,6-7,11,16H2,1,3H3. The zero-order valence-electron chi connectivity index (χ0n) is 15.8. The molecule has 0 N–H and O–H groups in total. The predicted octanol–water partition coefficient (Wildman–Crippen LogP) is 5.50. The molecule has 0 saturated carbocycles. The summed E-state index contributed by atoms with van der Waals surface area (Å²) in [6.45, 7) is 6.03. The van der Waals surface area contributed by atoms with E-state index in [2.05, 4.69) is 13.5 Å². The Morgan fingerprint density at radius 1 is 1.00 bits per heavy atom. The Kier molecular flexibility index (Phi) is 7.61. The van der Waals surface area contributed by atoms with Crippen LogP contribution in [0.25, 0.3) is 11.1 Å². The molecule has 0 spiro atoms. The topological polar surface area (TPSA) is 37.4 Å². The molecule has 2 aromatic rings. The quantitative estimate of drug-likeness (QED) is 0.408. The molecule has 1 unspecified atom stereocenters. The van der Waals surface area contributed by atoms with E-state index in [4.69, 9.17) is 0 Å². The Bertz CT molecular complexity index is 800. The number of sulfonamides is 1. The molecular weight excluding hydrogens is 342 g/mol. The van der Waals surface area contributed by atoms with Gasteiger partial charge in [-0.05, 0) is 18.1 Å². The number of benzene rings is 2. The summed E-state index contributed by atoms with van der Waals surface area (Å²) in [5, 5.41) is 0. The van der Waals surface area contributed by atoms with Gasteiger partial charge in [0, 0.05) is 18.7 Å². The number of likely N-dealkylation sites (N-methyl/N-ethyl adjacent to an activating group) is 1. The van der Waals surface area contributed by atoms with Crippen LogP contribution < -0.4 is 0 Å². The van der Waals surface area contributed by atoms with Gasteiger partial charge in [-0.3, -0.25) is 0 Å². The van der Waals surface area contributed by atoms with Crippen LogP contribution in [0.15, 0.2) is 72.1 Å². The first-order valence-corrected chi connectivity index (χ1v) is 10.7. The molecule has 0 aliphatic heterocycles. The highest BCUT2D eigenvalue weighted by molar-refractivity contribution is 7.89. The highest BCUT2D eigenvalue weighted by atomic mass is 32.2. The third kappa shape index (κ3) is 4.83. The summed E-state index contributed by atoms with van der Waals surface area (Å²) in [5.74, 6) is 0. The fraction of sp³-hybridized carbons (Fsp3) is 0.364. The van der Waals surface area contributed by atoms with Gasteiger partial charge in [0.05, 0.1) is 4.90 Å². The summed E-state index contributed by atoms with van der Waals surface area (Å²) in [4.78, 5) is 0.342. The maximum atomic E-state index is 13.3. The number of hydrogen-bond acceptors (Lipinski definition) is 2. The first kappa shape index (κ1) is 20.4. The molecule has 0 heterocycles. The maximum absolute atomic E-state index is 13.3. The van der Waals surface area contributed by atoms with Gasteiger partial charge in [0.15, 0.2) is 0 Å². The van der Waals surface area contributed by atoms with Crippen LogP contribution in [0, 0.1) is 0 Å². The summed E-state index contributed by atoms with van der Waals surface area (Å²) in [7, 11) is -1.95. The Morgan fingerprint density at radius 2 is 1.65 bits per heavy atom. The number of unbranched alkanes of at least 4 members (excludes halogenated alkanes) is 3. The summed E-state index contributed by atoms with van der Waals surface area (Å²) >= 11 is 0. The second kappa shape index (κ2) is 9.70. The fourth-order valence-electron chi connectivity index (χ4n) is 3.11. The zero-order valence-corrected chi connectivity index (χ0v) is 16.6. The lowest BCUT2D eigenvalue weighted by Gasteiger charge is -2.26. The van der Waals surface area contributed by atoms with Gasteiger partial charge in [0.2, 0.25) is 10.0 Å². The number of rotatable bonds is 10. The lowest BCUT2D eigenvalue weighted by atomic mass is 10.1. The normalized spacial score (nSPS) is 12.9. The third-order valence-corrected chi connectivity index (χ3v) is 6.66. The van der Waals surface area contributed by atoms with Crippen LogP contribution in [0.1, 0.15) is 39.0 Å². The van der Waals surface area contributed by atoms with Crippen LogP contribution in [-0.4, -0.2) is 25.8 Å². The van der Waals surface area contributed by atoms with Gasteiger partial charge >= 0.3 is 0 Å². The van der Waals surface area contributed by atoms with E-state index >= 15 is 0 Å². The second-order valence-corrected chi connectivity index (χ2v) is 8.50. The van der Waals surface area contributed by atoms with Gasteiger partial charge in [-0.15, -0.1) is 6.58 Å². The average Bonchev–Trinajstić information content (AvgIpc) is 2.68. The maximum Gasteiger partial charge on any atom is 0.243 e. The Labute approximate surface area is 158 Å². The smallest absolute Gasteiger partial charge is 0.207 e. The van der Waals surface area contributed by atoms with Crippen LogP contribution >= 0.6 is 0 Å².